The number of carbonyl (C=O) groups is 1. The molecule has 1 fully saturated rings. The highest BCUT2D eigenvalue weighted by molar-refractivity contribution is 7.89. The van der Waals surface area contributed by atoms with E-state index in [9.17, 15) is 17.6 Å². The summed E-state index contributed by atoms with van der Waals surface area (Å²) in [4.78, 5) is 11.7. The lowest BCUT2D eigenvalue weighted by Gasteiger charge is -2.41. The summed E-state index contributed by atoms with van der Waals surface area (Å²) < 4.78 is 46.4. The Morgan fingerprint density at radius 1 is 1.17 bits per heavy atom. The van der Waals surface area contributed by atoms with E-state index in [2.05, 4.69) is 0 Å². The fourth-order valence-electron chi connectivity index (χ4n) is 3.57. The second-order valence-corrected chi connectivity index (χ2v) is 9.66. The van der Waals surface area contributed by atoms with Crippen molar-refractivity contribution in [2.24, 2.45) is 11.1 Å². The predicted molar refractivity (Wildman–Crippen MR) is 108 cm³/mol. The standard InChI is InChI=1S/C20H22ClFN2O4S/c21-15-2-6-17(7-3-15)28-14-20(12-19(23)25)10-1-11-24(13-20)29(26,27)18-8-4-16(22)5-9-18/h2-9H,1,10-14H2,(H2,23,25)/t20-/m0/s1. The van der Waals surface area contributed by atoms with E-state index in [0.717, 1.165) is 12.1 Å². The van der Waals surface area contributed by atoms with Crippen LogP contribution in [0.4, 0.5) is 4.39 Å². The summed E-state index contributed by atoms with van der Waals surface area (Å²) in [5, 5.41) is 0.568. The Kier molecular flexibility index (Phi) is 6.45. The third-order valence-corrected chi connectivity index (χ3v) is 7.10. The Morgan fingerprint density at radius 3 is 2.45 bits per heavy atom. The molecule has 0 saturated carbocycles. The van der Waals surface area contributed by atoms with Gasteiger partial charge in [-0.15, -0.1) is 0 Å². The van der Waals surface area contributed by atoms with Gasteiger partial charge in [0, 0.05) is 29.9 Å². The summed E-state index contributed by atoms with van der Waals surface area (Å²) in [5.41, 5.74) is 4.70. The number of primary amides is 1. The van der Waals surface area contributed by atoms with E-state index in [4.69, 9.17) is 22.1 Å². The van der Waals surface area contributed by atoms with Crippen LogP contribution in [-0.4, -0.2) is 38.3 Å². The summed E-state index contributed by atoms with van der Waals surface area (Å²) >= 11 is 5.88. The highest BCUT2D eigenvalue weighted by atomic mass is 35.5. The normalized spacial score (nSPS) is 20.3. The molecule has 0 aromatic heterocycles. The second-order valence-electron chi connectivity index (χ2n) is 7.28. The molecular formula is C20H22ClFN2O4S. The van der Waals surface area contributed by atoms with Crippen molar-refractivity contribution in [2.75, 3.05) is 19.7 Å². The molecule has 0 bridgehead atoms. The van der Waals surface area contributed by atoms with Crippen LogP contribution in [0.5, 0.6) is 5.75 Å². The van der Waals surface area contributed by atoms with Crippen molar-refractivity contribution in [3.05, 3.63) is 59.4 Å². The Labute approximate surface area is 174 Å². The van der Waals surface area contributed by atoms with Crippen LogP contribution in [0, 0.1) is 11.2 Å². The molecule has 0 unspecified atom stereocenters. The van der Waals surface area contributed by atoms with Gasteiger partial charge in [0.1, 0.15) is 11.6 Å². The first-order valence-electron chi connectivity index (χ1n) is 9.13. The molecule has 2 N–H and O–H groups in total. The Morgan fingerprint density at radius 2 is 1.83 bits per heavy atom. The van der Waals surface area contributed by atoms with Gasteiger partial charge in [-0.3, -0.25) is 4.79 Å². The summed E-state index contributed by atoms with van der Waals surface area (Å²) in [7, 11) is -3.83. The van der Waals surface area contributed by atoms with E-state index in [1.54, 1.807) is 24.3 Å². The molecule has 6 nitrogen and oxygen atoms in total. The summed E-state index contributed by atoms with van der Waals surface area (Å²) in [6.45, 7) is 0.525. The molecular weight excluding hydrogens is 419 g/mol. The Hall–Kier alpha value is -2.16. The molecule has 1 aliphatic rings. The van der Waals surface area contributed by atoms with Gasteiger partial charge in [0.2, 0.25) is 15.9 Å². The minimum absolute atomic E-state index is 0.00394. The van der Waals surface area contributed by atoms with Crippen LogP contribution >= 0.6 is 11.6 Å². The maximum atomic E-state index is 13.2. The zero-order valence-electron chi connectivity index (χ0n) is 15.7. The van der Waals surface area contributed by atoms with E-state index >= 15 is 0 Å². The fraction of sp³-hybridized carbons (Fsp3) is 0.350. The third kappa shape index (κ3) is 5.26. The van der Waals surface area contributed by atoms with Crippen LogP contribution in [0.3, 0.4) is 0 Å². The predicted octanol–water partition coefficient (Wildman–Crippen LogP) is 3.20. The molecule has 156 valence electrons. The molecule has 2 aromatic carbocycles. The van der Waals surface area contributed by atoms with Gasteiger partial charge in [-0.1, -0.05) is 11.6 Å². The third-order valence-electron chi connectivity index (χ3n) is 4.99. The molecule has 0 aliphatic carbocycles. The fourth-order valence-corrected chi connectivity index (χ4v) is 5.29. The SMILES string of the molecule is NC(=O)C[C@@]1(COc2ccc(Cl)cc2)CCCN(S(=O)(=O)c2ccc(F)cc2)C1. The van der Waals surface area contributed by atoms with E-state index in [0.29, 0.717) is 30.2 Å². The van der Waals surface area contributed by atoms with Gasteiger partial charge in [-0.05, 0) is 61.4 Å². The topological polar surface area (TPSA) is 89.7 Å². The highest BCUT2D eigenvalue weighted by Crippen LogP contribution is 2.36. The van der Waals surface area contributed by atoms with Crippen molar-refractivity contribution >= 4 is 27.5 Å². The van der Waals surface area contributed by atoms with E-state index in [-0.39, 0.29) is 24.5 Å². The maximum absolute atomic E-state index is 13.2. The number of sulfonamides is 1. The molecule has 3 rings (SSSR count). The van der Waals surface area contributed by atoms with E-state index < -0.39 is 27.2 Å². The van der Waals surface area contributed by atoms with Gasteiger partial charge < -0.3 is 10.5 Å². The largest absolute Gasteiger partial charge is 0.493 e. The number of amides is 1. The molecule has 1 heterocycles. The lowest BCUT2D eigenvalue weighted by atomic mass is 9.78. The maximum Gasteiger partial charge on any atom is 0.243 e. The van der Waals surface area contributed by atoms with Crippen molar-refractivity contribution in [1.29, 1.82) is 0 Å². The molecule has 1 atom stereocenters. The molecule has 0 radical (unpaired) electrons. The molecule has 1 amide bonds. The average Bonchev–Trinajstić information content (AvgIpc) is 2.67. The van der Waals surface area contributed by atoms with Crippen LogP contribution in [0.25, 0.3) is 0 Å². The smallest absolute Gasteiger partial charge is 0.243 e. The number of halogens is 2. The Balaban J connectivity index is 1.82. The van der Waals surface area contributed by atoms with Gasteiger partial charge in [0.05, 0.1) is 11.5 Å². The number of ether oxygens (including phenoxy) is 1. The number of nitrogens with two attached hydrogens (primary N) is 1. The average molecular weight is 441 g/mol. The van der Waals surface area contributed by atoms with Gasteiger partial charge in [0.15, 0.2) is 0 Å². The number of benzene rings is 2. The van der Waals surface area contributed by atoms with Gasteiger partial charge in [-0.2, -0.15) is 4.31 Å². The van der Waals surface area contributed by atoms with Crippen LogP contribution in [0.15, 0.2) is 53.4 Å². The minimum Gasteiger partial charge on any atom is -0.493 e. The number of nitrogens with zero attached hydrogens (tertiary/aromatic N) is 1. The highest BCUT2D eigenvalue weighted by Gasteiger charge is 2.42. The number of carbonyl (C=O) groups excluding carboxylic acids is 1. The van der Waals surface area contributed by atoms with Crippen LogP contribution < -0.4 is 10.5 Å². The van der Waals surface area contributed by atoms with Crippen LogP contribution in [-0.2, 0) is 14.8 Å². The second kappa shape index (κ2) is 8.69. The number of piperidine rings is 1. The van der Waals surface area contributed by atoms with E-state index in [1.807, 2.05) is 0 Å². The van der Waals surface area contributed by atoms with Gasteiger partial charge >= 0.3 is 0 Å². The van der Waals surface area contributed by atoms with Crippen molar-refractivity contribution in [3.8, 4) is 5.75 Å². The van der Waals surface area contributed by atoms with Crippen molar-refractivity contribution in [2.45, 2.75) is 24.2 Å². The summed E-state index contributed by atoms with van der Waals surface area (Å²) in [6.07, 6.45) is 1.15. The van der Waals surface area contributed by atoms with Gasteiger partial charge in [0.25, 0.3) is 0 Å². The first kappa shape index (κ1) is 21.5. The Bertz CT molecular complexity index is 967. The number of hydrogen-bond donors (Lipinski definition) is 1. The monoisotopic (exact) mass is 440 g/mol. The number of hydrogen-bond acceptors (Lipinski definition) is 4. The zero-order chi connectivity index (χ0) is 21.1. The molecule has 2 aromatic rings. The minimum atomic E-state index is -3.83. The quantitative estimate of drug-likeness (QED) is 0.715. The summed E-state index contributed by atoms with van der Waals surface area (Å²) in [5.74, 6) is -0.468. The first-order valence-corrected chi connectivity index (χ1v) is 10.9. The first-order chi connectivity index (χ1) is 13.7. The van der Waals surface area contributed by atoms with Crippen LogP contribution in [0.2, 0.25) is 5.02 Å². The molecule has 1 aliphatic heterocycles. The molecule has 9 heteroatoms. The zero-order valence-corrected chi connectivity index (χ0v) is 17.3. The lowest BCUT2D eigenvalue weighted by Crippen LogP contribution is -2.50. The van der Waals surface area contributed by atoms with Gasteiger partial charge in [-0.25, -0.2) is 12.8 Å². The number of rotatable bonds is 7. The molecule has 29 heavy (non-hydrogen) atoms. The van der Waals surface area contributed by atoms with Crippen molar-refractivity contribution < 1.29 is 22.3 Å². The lowest BCUT2D eigenvalue weighted by molar-refractivity contribution is -0.121. The molecule has 0 spiro atoms. The molecule has 1 saturated heterocycles. The van der Waals surface area contributed by atoms with Crippen molar-refractivity contribution in [1.82, 2.24) is 4.31 Å². The summed E-state index contributed by atoms with van der Waals surface area (Å²) in [6, 6.07) is 11.5. The van der Waals surface area contributed by atoms with Crippen LogP contribution in [0.1, 0.15) is 19.3 Å². The van der Waals surface area contributed by atoms with Crippen molar-refractivity contribution in [3.63, 3.8) is 0 Å². The van der Waals surface area contributed by atoms with E-state index in [1.165, 1.54) is 16.4 Å².